The van der Waals surface area contributed by atoms with E-state index in [4.69, 9.17) is 4.74 Å². The molecule has 13 aromatic rings. The molecule has 0 radical (unpaired) electrons. The van der Waals surface area contributed by atoms with Gasteiger partial charge in [0, 0.05) is 61.5 Å². The highest BCUT2D eigenvalue weighted by atomic mass is 16.5. The van der Waals surface area contributed by atoms with Gasteiger partial charge in [-0.2, -0.15) is 10.5 Å². The summed E-state index contributed by atoms with van der Waals surface area (Å²) in [4.78, 5) is 2.52. The summed E-state index contributed by atoms with van der Waals surface area (Å²) in [6.07, 6.45) is 0. The average molecular weight is 954 g/mol. The molecule has 0 aliphatic carbocycles. The summed E-state index contributed by atoms with van der Waals surface area (Å²) in [6, 6.07) is 90.6. The maximum absolute atomic E-state index is 10.1. The summed E-state index contributed by atoms with van der Waals surface area (Å²) in [7, 11) is 0. The molecular formula is C68H40BN5O. The van der Waals surface area contributed by atoms with Gasteiger partial charge in [0.1, 0.15) is 11.5 Å². The number of rotatable bonds is 6. The van der Waals surface area contributed by atoms with Crippen LogP contribution < -0.4 is 26.0 Å². The molecule has 4 heterocycles. The molecule has 2 aromatic heterocycles. The smallest absolute Gasteiger partial charge is 0.256 e. The fraction of sp³-hybridized carbons (Fsp3) is 0. The largest absolute Gasteiger partial charge is 0.458 e. The molecule has 75 heavy (non-hydrogen) atoms. The first-order valence-electron chi connectivity index (χ1n) is 25.2. The van der Waals surface area contributed by atoms with E-state index in [1.165, 1.54) is 0 Å². The van der Waals surface area contributed by atoms with Crippen LogP contribution in [0.25, 0.3) is 88.4 Å². The van der Waals surface area contributed by atoms with Crippen molar-refractivity contribution >= 4 is 83.8 Å². The third-order valence-electron chi connectivity index (χ3n) is 15.4. The Bertz CT molecular complexity index is 4540. The first kappa shape index (κ1) is 42.4. The van der Waals surface area contributed by atoms with E-state index in [2.05, 4.69) is 245 Å². The number of anilines is 3. The summed E-state index contributed by atoms with van der Waals surface area (Å²) >= 11 is 0. The Hall–Kier alpha value is -10.3. The second-order valence-electron chi connectivity index (χ2n) is 19.4. The molecule has 0 saturated carbocycles. The predicted molar refractivity (Wildman–Crippen MR) is 307 cm³/mol. The second-order valence-corrected chi connectivity index (χ2v) is 19.4. The number of nitrogens with zero attached hydrogens (tertiary/aromatic N) is 5. The van der Waals surface area contributed by atoms with Crippen LogP contribution in [0.15, 0.2) is 243 Å². The zero-order valence-electron chi connectivity index (χ0n) is 40.3. The highest BCUT2D eigenvalue weighted by molar-refractivity contribution is 6.99. The highest BCUT2D eigenvalue weighted by Gasteiger charge is 2.43. The summed E-state index contributed by atoms with van der Waals surface area (Å²) in [5.41, 5.74) is 20.4. The Labute approximate surface area is 433 Å². The predicted octanol–water partition coefficient (Wildman–Crippen LogP) is 15.0. The Balaban J connectivity index is 1.04. The quantitative estimate of drug-likeness (QED) is 0.156. The number of aromatic nitrogens is 2. The van der Waals surface area contributed by atoms with Gasteiger partial charge in [-0.3, -0.25) is 0 Å². The van der Waals surface area contributed by atoms with Gasteiger partial charge >= 0.3 is 0 Å². The molecular weight excluding hydrogens is 914 g/mol. The summed E-state index contributed by atoms with van der Waals surface area (Å²) in [6.45, 7) is -0.213. The van der Waals surface area contributed by atoms with Crippen LogP contribution in [0.3, 0.4) is 0 Å². The minimum atomic E-state index is -0.213. The fourth-order valence-electron chi connectivity index (χ4n) is 12.2. The standard InChI is InChI=1S/C68H40BN5O/c70-41-43-27-33-61-55(35-43)53-21-10-12-25-59(53)72(61)49-29-31-57-63(39-49)74(68-51(46-17-6-2-7-18-46)23-14-24-52(68)47-19-8-3-9-20-47)64-37-48(45-15-4-1-5-16-45)38-66-67(64)69(57)58-32-30-50(40-65(58)75-66)73-60-26-13-11-22-54(60)56-36-44(42-71)28-34-62(56)73/h1-40H. The monoisotopic (exact) mass is 953 g/mol. The van der Waals surface area contributed by atoms with Crippen molar-refractivity contribution in [3.8, 4) is 68.4 Å². The van der Waals surface area contributed by atoms with Crippen LogP contribution in [0.1, 0.15) is 11.1 Å². The minimum Gasteiger partial charge on any atom is -0.458 e. The molecule has 2 aliphatic heterocycles. The van der Waals surface area contributed by atoms with Gasteiger partial charge in [-0.1, -0.05) is 158 Å². The fourth-order valence-corrected chi connectivity index (χ4v) is 12.2. The van der Waals surface area contributed by atoms with Crippen molar-refractivity contribution in [3.05, 3.63) is 254 Å². The summed E-state index contributed by atoms with van der Waals surface area (Å²) in [5.74, 6) is 1.59. The summed E-state index contributed by atoms with van der Waals surface area (Å²) < 4.78 is 12.0. The van der Waals surface area contributed by atoms with Crippen molar-refractivity contribution < 1.29 is 4.74 Å². The lowest BCUT2D eigenvalue weighted by Gasteiger charge is -2.42. The molecule has 2 aliphatic rings. The van der Waals surface area contributed by atoms with E-state index in [-0.39, 0.29) is 6.71 Å². The molecule has 0 bridgehead atoms. The van der Waals surface area contributed by atoms with Crippen LogP contribution in [0.5, 0.6) is 11.5 Å². The van der Waals surface area contributed by atoms with Gasteiger partial charge in [0.25, 0.3) is 6.71 Å². The third-order valence-corrected chi connectivity index (χ3v) is 15.4. The molecule has 346 valence electrons. The van der Waals surface area contributed by atoms with Gasteiger partial charge in [0.05, 0.1) is 51.0 Å². The van der Waals surface area contributed by atoms with Crippen LogP contribution in [0, 0.1) is 22.7 Å². The van der Waals surface area contributed by atoms with E-state index in [9.17, 15) is 10.5 Å². The van der Waals surface area contributed by atoms with Crippen molar-refractivity contribution in [2.45, 2.75) is 0 Å². The third kappa shape index (κ3) is 6.45. The van der Waals surface area contributed by atoms with Crippen LogP contribution in [-0.2, 0) is 0 Å². The van der Waals surface area contributed by atoms with Crippen molar-refractivity contribution in [2.75, 3.05) is 4.90 Å². The normalized spacial score (nSPS) is 12.3. The Kier molecular flexibility index (Phi) is 9.38. The number of hydrogen-bond acceptors (Lipinski definition) is 4. The van der Waals surface area contributed by atoms with E-state index in [0.717, 1.165) is 133 Å². The molecule has 7 heteroatoms. The van der Waals surface area contributed by atoms with E-state index in [1.54, 1.807) is 0 Å². The maximum Gasteiger partial charge on any atom is 0.256 e. The second kappa shape index (κ2) is 16.6. The zero-order valence-corrected chi connectivity index (χ0v) is 40.3. The van der Waals surface area contributed by atoms with Gasteiger partial charge in [0.15, 0.2) is 0 Å². The Morgan fingerprint density at radius 3 is 1.44 bits per heavy atom. The van der Waals surface area contributed by atoms with E-state index >= 15 is 0 Å². The zero-order chi connectivity index (χ0) is 49.7. The first-order valence-corrected chi connectivity index (χ1v) is 25.2. The van der Waals surface area contributed by atoms with E-state index < -0.39 is 0 Å². The lowest BCUT2D eigenvalue weighted by Crippen LogP contribution is -2.59. The van der Waals surface area contributed by atoms with Gasteiger partial charge in [-0.05, 0) is 118 Å². The summed E-state index contributed by atoms with van der Waals surface area (Å²) in [5, 5.41) is 24.2. The van der Waals surface area contributed by atoms with Gasteiger partial charge < -0.3 is 18.8 Å². The van der Waals surface area contributed by atoms with Gasteiger partial charge in [0.2, 0.25) is 0 Å². The molecule has 0 spiro atoms. The number of para-hydroxylation sites is 3. The number of ether oxygens (including phenoxy) is 1. The number of hydrogen-bond donors (Lipinski definition) is 0. The van der Waals surface area contributed by atoms with Crippen LogP contribution in [-0.4, -0.2) is 15.8 Å². The number of nitriles is 2. The lowest BCUT2D eigenvalue weighted by atomic mass is 9.34. The molecule has 0 fully saturated rings. The van der Waals surface area contributed by atoms with Crippen LogP contribution >= 0.6 is 0 Å². The molecule has 0 amide bonds. The number of fused-ring (bicyclic) bond motifs is 10. The number of benzene rings is 11. The SMILES string of the molecule is N#Cc1ccc2c(c1)c1ccccc1n2-c1ccc2c(c1)Oc1cc(-c3ccccc3)cc3c1B2c1ccc(-n2c4ccccc4c4cc(C#N)ccc42)cc1N3c1c(-c2ccccc2)cccc1-c1ccccc1. The molecule has 0 N–H and O–H groups in total. The maximum atomic E-state index is 10.1. The average Bonchev–Trinajstić information content (AvgIpc) is 4.00. The first-order chi connectivity index (χ1) is 37.1. The molecule has 0 saturated heterocycles. The Morgan fingerprint density at radius 2 is 0.867 bits per heavy atom. The van der Waals surface area contributed by atoms with Gasteiger partial charge in [-0.15, -0.1) is 0 Å². The molecule has 0 atom stereocenters. The van der Waals surface area contributed by atoms with Crippen molar-refractivity contribution in [3.63, 3.8) is 0 Å². The Morgan fingerprint density at radius 1 is 0.360 bits per heavy atom. The van der Waals surface area contributed by atoms with Crippen molar-refractivity contribution in [1.29, 1.82) is 10.5 Å². The van der Waals surface area contributed by atoms with Crippen molar-refractivity contribution in [2.24, 2.45) is 0 Å². The molecule has 11 aromatic carbocycles. The van der Waals surface area contributed by atoms with Crippen molar-refractivity contribution in [1.82, 2.24) is 9.13 Å². The molecule has 6 nitrogen and oxygen atoms in total. The van der Waals surface area contributed by atoms with E-state index in [0.29, 0.717) is 11.1 Å². The minimum absolute atomic E-state index is 0.213. The molecule has 15 rings (SSSR count). The van der Waals surface area contributed by atoms with Crippen LogP contribution in [0.2, 0.25) is 0 Å². The van der Waals surface area contributed by atoms with Crippen LogP contribution in [0.4, 0.5) is 17.1 Å². The highest BCUT2D eigenvalue weighted by Crippen LogP contribution is 2.50. The molecule has 0 unspecified atom stereocenters. The lowest BCUT2D eigenvalue weighted by molar-refractivity contribution is 0.487. The van der Waals surface area contributed by atoms with E-state index in [1.807, 2.05) is 24.3 Å². The van der Waals surface area contributed by atoms with Gasteiger partial charge in [-0.25, -0.2) is 0 Å². The topological polar surface area (TPSA) is 69.9 Å².